The number of para-hydroxylation sites is 1. The van der Waals surface area contributed by atoms with Gasteiger partial charge in [-0.2, -0.15) is 0 Å². The average molecular weight is 396 g/mol. The minimum Gasteiger partial charge on any atom is -0.497 e. The SMILES string of the molecule is COc1ccc(C(=O)Nc2ccccc2C(=O)OCC(=O)N[C@@H](C)C2CC2)cc1. The zero-order valence-corrected chi connectivity index (χ0v) is 16.4. The fraction of sp³-hybridized carbons (Fsp3) is 0.318. The molecule has 1 fully saturated rings. The molecule has 1 aliphatic rings. The van der Waals surface area contributed by atoms with E-state index in [1.807, 2.05) is 6.92 Å². The van der Waals surface area contributed by atoms with E-state index in [1.165, 1.54) is 6.07 Å². The number of methoxy groups -OCH3 is 1. The van der Waals surface area contributed by atoms with Crippen molar-refractivity contribution in [1.82, 2.24) is 5.32 Å². The molecule has 7 heteroatoms. The highest BCUT2D eigenvalue weighted by Gasteiger charge is 2.29. The van der Waals surface area contributed by atoms with Crippen molar-refractivity contribution in [3.63, 3.8) is 0 Å². The number of hydrogen-bond donors (Lipinski definition) is 2. The molecule has 2 N–H and O–H groups in total. The Morgan fingerprint density at radius 3 is 2.41 bits per heavy atom. The first-order chi connectivity index (χ1) is 14.0. The summed E-state index contributed by atoms with van der Waals surface area (Å²) in [7, 11) is 1.55. The van der Waals surface area contributed by atoms with Crippen LogP contribution in [0, 0.1) is 5.92 Å². The van der Waals surface area contributed by atoms with Crippen molar-refractivity contribution in [1.29, 1.82) is 0 Å². The summed E-state index contributed by atoms with van der Waals surface area (Å²) in [6.45, 7) is 1.58. The van der Waals surface area contributed by atoms with Gasteiger partial charge < -0.3 is 20.1 Å². The van der Waals surface area contributed by atoms with E-state index in [2.05, 4.69) is 10.6 Å². The first-order valence-corrected chi connectivity index (χ1v) is 9.49. The second-order valence-electron chi connectivity index (χ2n) is 7.00. The largest absolute Gasteiger partial charge is 0.497 e. The predicted molar refractivity (Wildman–Crippen MR) is 108 cm³/mol. The molecule has 29 heavy (non-hydrogen) atoms. The van der Waals surface area contributed by atoms with Crippen molar-refractivity contribution >= 4 is 23.5 Å². The van der Waals surface area contributed by atoms with E-state index in [0.717, 1.165) is 12.8 Å². The standard InChI is InChI=1S/C22H24N2O5/c1-14(15-7-8-15)23-20(25)13-29-22(27)18-5-3-4-6-19(18)24-21(26)16-9-11-17(28-2)12-10-16/h3-6,9-12,14-15H,7-8,13H2,1-2H3,(H,23,25)(H,24,26)/t14-/m0/s1. The quantitative estimate of drug-likeness (QED) is 0.669. The minimum atomic E-state index is -0.676. The number of carbonyl (C=O) groups excluding carboxylic acids is 3. The van der Waals surface area contributed by atoms with Gasteiger partial charge >= 0.3 is 5.97 Å². The maximum absolute atomic E-state index is 12.5. The third kappa shape index (κ3) is 5.57. The Balaban J connectivity index is 1.60. The molecule has 1 atom stereocenters. The van der Waals surface area contributed by atoms with Crippen molar-refractivity contribution in [3.8, 4) is 5.75 Å². The fourth-order valence-electron chi connectivity index (χ4n) is 2.93. The van der Waals surface area contributed by atoms with Gasteiger partial charge in [0.15, 0.2) is 6.61 Å². The Hall–Kier alpha value is -3.35. The number of anilines is 1. The van der Waals surface area contributed by atoms with Gasteiger partial charge in [0.1, 0.15) is 5.75 Å². The van der Waals surface area contributed by atoms with E-state index < -0.39 is 5.97 Å². The van der Waals surface area contributed by atoms with Crippen LogP contribution in [0.15, 0.2) is 48.5 Å². The summed E-state index contributed by atoms with van der Waals surface area (Å²) in [5.41, 5.74) is 0.907. The predicted octanol–water partition coefficient (Wildman–Crippen LogP) is 3.02. The highest BCUT2D eigenvalue weighted by atomic mass is 16.5. The van der Waals surface area contributed by atoms with Crippen LogP contribution in [-0.2, 0) is 9.53 Å². The highest BCUT2D eigenvalue weighted by Crippen LogP contribution is 2.32. The van der Waals surface area contributed by atoms with E-state index in [-0.39, 0.29) is 30.0 Å². The minimum absolute atomic E-state index is 0.0808. The summed E-state index contributed by atoms with van der Waals surface area (Å²) in [6.07, 6.45) is 2.23. The van der Waals surface area contributed by atoms with Gasteiger partial charge in [-0.3, -0.25) is 9.59 Å². The van der Waals surface area contributed by atoms with Gasteiger partial charge in [0.05, 0.1) is 18.4 Å². The molecule has 152 valence electrons. The van der Waals surface area contributed by atoms with Crippen LogP contribution in [0.3, 0.4) is 0 Å². The lowest BCUT2D eigenvalue weighted by Crippen LogP contribution is -2.37. The number of amides is 2. The molecule has 3 rings (SSSR count). The van der Waals surface area contributed by atoms with Crippen molar-refractivity contribution in [3.05, 3.63) is 59.7 Å². The van der Waals surface area contributed by atoms with Crippen molar-refractivity contribution in [2.45, 2.75) is 25.8 Å². The number of nitrogens with one attached hydrogen (secondary N) is 2. The second kappa shape index (κ2) is 9.23. The Labute approximate surface area is 169 Å². The lowest BCUT2D eigenvalue weighted by atomic mass is 10.1. The van der Waals surface area contributed by atoms with Gasteiger partial charge in [-0.1, -0.05) is 12.1 Å². The van der Waals surface area contributed by atoms with Gasteiger partial charge in [0, 0.05) is 11.6 Å². The monoisotopic (exact) mass is 396 g/mol. The van der Waals surface area contributed by atoms with Crippen LogP contribution in [0.5, 0.6) is 5.75 Å². The van der Waals surface area contributed by atoms with Crippen LogP contribution < -0.4 is 15.4 Å². The molecule has 1 saturated carbocycles. The lowest BCUT2D eigenvalue weighted by molar-refractivity contribution is -0.124. The summed E-state index contributed by atoms with van der Waals surface area (Å²) in [6, 6.07) is 13.2. The van der Waals surface area contributed by atoms with Gasteiger partial charge in [0.2, 0.25) is 0 Å². The molecule has 7 nitrogen and oxygen atoms in total. The molecule has 2 aromatic carbocycles. The summed E-state index contributed by atoms with van der Waals surface area (Å²) in [4.78, 5) is 36.9. The molecule has 1 aliphatic carbocycles. The normalized spacial score (nSPS) is 13.9. The number of benzene rings is 2. The van der Waals surface area contributed by atoms with Crippen LogP contribution in [-0.4, -0.2) is 37.5 Å². The third-order valence-electron chi connectivity index (χ3n) is 4.80. The van der Waals surface area contributed by atoms with E-state index in [9.17, 15) is 14.4 Å². The molecular formula is C22H24N2O5. The lowest BCUT2D eigenvalue weighted by Gasteiger charge is -2.14. The first kappa shape index (κ1) is 20.4. The average Bonchev–Trinajstić information content (AvgIpc) is 3.58. The Morgan fingerprint density at radius 1 is 1.07 bits per heavy atom. The number of ether oxygens (including phenoxy) is 2. The molecule has 0 saturated heterocycles. The molecular weight excluding hydrogens is 372 g/mol. The van der Waals surface area contributed by atoms with Crippen LogP contribution in [0.2, 0.25) is 0 Å². The summed E-state index contributed by atoms with van der Waals surface area (Å²) in [5.74, 6) is -0.227. The van der Waals surface area contributed by atoms with E-state index >= 15 is 0 Å². The Morgan fingerprint density at radius 2 is 1.76 bits per heavy atom. The Kier molecular flexibility index (Phi) is 6.49. The molecule has 0 unspecified atom stereocenters. The van der Waals surface area contributed by atoms with Gasteiger partial charge in [-0.25, -0.2) is 4.79 Å². The number of hydrogen-bond acceptors (Lipinski definition) is 5. The van der Waals surface area contributed by atoms with Crippen LogP contribution >= 0.6 is 0 Å². The van der Waals surface area contributed by atoms with E-state index in [1.54, 1.807) is 49.6 Å². The number of carbonyl (C=O) groups is 3. The molecule has 0 bridgehead atoms. The highest BCUT2D eigenvalue weighted by molar-refractivity contribution is 6.08. The molecule has 0 spiro atoms. The van der Waals surface area contributed by atoms with Crippen LogP contribution in [0.4, 0.5) is 5.69 Å². The van der Waals surface area contributed by atoms with Crippen molar-refractivity contribution < 1.29 is 23.9 Å². The van der Waals surface area contributed by atoms with Crippen molar-refractivity contribution in [2.24, 2.45) is 5.92 Å². The molecule has 0 heterocycles. The van der Waals surface area contributed by atoms with Gasteiger partial charge in [-0.15, -0.1) is 0 Å². The summed E-state index contributed by atoms with van der Waals surface area (Å²) >= 11 is 0. The summed E-state index contributed by atoms with van der Waals surface area (Å²) < 4.78 is 10.2. The zero-order valence-electron chi connectivity index (χ0n) is 16.4. The number of rotatable bonds is 8. The van der Waals surface area contributed by atoms with E-state index in [0.29, 0.717) is 22.9 Å². The summed E-state index contributed by atoms with van der Waals surface area (Å²) in [5, 5.41) is 5.54. The van der Waals surface area contributed by atoms with Gasteiger partial charge in [0.25, 0.3) is 11.8 Å². The first-order valence-electron chi connectivity index (χ1n) is 9.49. The smallest absolute Gasteiger partial charge is 0.340 e. The molecule has 0 aliphatic heterocycles. The molecule has 2 amide bonds. The Bertz CT molecular complexity index is 890. The molecule has 0 radical (unpaired) electrons. The van der Waals surface area contributed by atoms with E-state index in [4.69, 9.17) is 9.47 Å². The van der Waals surface area contributed by atoms with Gasteiger partial charge in [-0.05, 0) is 62.1 Å². The van der Waals surface area contributed by atoms with Crippen LogP contribution in [0.1, 0.15) is 40.5 Å². The third-order valence-corrected chi connectivity index (χ3v) is 4.80. The van der Waals surface area contributed by atoms with Crippen LogP contribution in [0.25, 0.3) is 0 Å². The second-order valence-corrected chi connectivity index (χ2v) is 7.00. The topological polar surface area (TPSA) is 93.7 Å². The number of esters is 1. The molecule has 0 aromatic heterocycles. The maximum atomic E-state index is 12.5. The van der Waals surface area contributed by atoms with Crippen molar-refractivity contribution in [2.75, 3.05) is 19.0 Å². The maximum Gasteiger partial charge on any atom is 0.340 e. The zero-order chi connectivity index (χ0) is 20.8. The molecule has 2 aromatic rings. The fourth-order valence-corrected chi connectivity index (χ4v) is 2.93.